The second kappa shape index (κ2) is 7.23. The van der Waals surface area contributed by atoms with Gasteiger partial charge in [0.25, 0.3) is 0 Å². The van der Waals surface area contributed by atoms with Gasteiger partial charge >= 0.3 is 0 Å². The van der Waals surface area contributed by atoms with Gasteiger partial charge in [-0.1, -0.05) is 6.07 Å². The van der Waals surface area contributed by atoms with Crippen LogP contribution in [0.2, 0.25) is 0 Å². The van der Waals surface area contributed by atoms with Crippen molar-refractivity contribution in [3.8, 4) is 0 Å². The summed E-state index contributed by atoms with van der Waals surface area (Å²) in [6.07, 6.45) is 7.49. The van der Waals surface area contributed by atoms with Crippen LogP contribution in [0.1, 0.15) is 36.3 Å². The maximum absolute atomic E-state index is 12.8. The third kappa shape index (κ3) is 3.83. The number of hydrogen-bond acceptors (Lipinski definition) is 4. The van der Waals surface area contributed by atoms with Crippen LogP contribution in [-0.2, 0) is 17.8 Å². The number of rotatable bonds is 4. The summed E-state index contributed by atoms with van der Waals surface area (Å²) in [5.74, 6) is 2.25. The van der Waals surface area contributed by atoms with Crippen molar-refractivity contribution in [2.75, 3.05) is 26.2 Å². The quantitative estimate of drug-likeness (QED) is 0.848. The van der Waals surface area contributed by atoms with Gasteiger partial charge in [-0.25, -0.2) is 0 Å². The fraction of sp³-hybridized carbons (Fsp3) is 0.524. The molecule has 2 aromatic rings. The Bertz CT molecular complexity index is 758. The largest absolute Gasteiger partial charge is 0.465 e. The van der Waals surface area contributed by atoms with Gasteiger partial charge in [-0.05, 0) is 56.5 Å². The molecule has 0 N–H and O–H groups in total. The summed E-state index contributed by atoms with van der Waals surface area (Å²) in [6.45, 7) is 6.78. The number of furan rings is 1. The monoisotopic (exact) mass is 353 g/mol. The predicted octanol–water partition coefficient (Wildman–Crippen LogP) is 3.04. The topological polar surface area (TPSA) is 49.6 Å². The molecule has 4 heterocycles. The van der Waals surface area contributed by atoms with Gasteiger partial charge in [-0.2, -0.15) is 0 Å². The molecule has 1 amide bonds. The number of aryl methyl sites for hydroxylation is 1. The number of piperidine rings is 1. The molecule has 1 spiro atoms. The first-order valence-electron chi connectivity index (χ1n) is 9.56. The van der Waals surface area contributed by atoms with Crippen LogP contribution >= 0.6 is 0 Å². The molecule has 5 heteroatoms. The summed E-state index contributed by atoms with van der Waals surface area (Å²) in [5, 5.41) is 0. The van der Waals surface area contributed by atoms with E-state index in [1.165, 1.54) is 12.8 Å². The lowest BCUT2D eigenvalue weighted by atomic mass is 9.79. The summed E-state index contributed by atoms with van der Waals surface area (Å²) in [6, 6.07) is 7.98. The number of carbonyl (C=O) groups excluding carboxylic acids is 1. The molecule has 0 bridgehead atoms. The lowest BCUT2D eigenvalue weighted by Crippen LogP contribution is -2.47. The molecule has 2 aliphatic rings. The first-order valence-corrected chi connectivity index (χ1v) is 9.56. The number of carbonyl (C=O) groups is 1. The van der Waals surface area contributed by atoms with Crippen LogP contribution in [0.4, 0.5) is 0 Å². The van der Waals surface area contributed by atoms with Crippen molar-refractivity contribution in [1.29, 1.82) is 0 Å². The van der Waals surface area contributed by atoms with Gasteiger partial charge < -0.3 is 9.32 Å². The highest BCUT2D eigenvalue weighted by atomic mass is 16.3. The maximum atomic E-state index is 12.8. The number of likely N-dealkylation sites (tertiary alicyclic amines) is 2. The fourth-order valence-electron chi connectivity index (χ4n) is 4.50. The van der Waals surface area contributed by atoms with Crippen molar-refractivity contribution >= 4 is 5.91 Å². The molecular formula is C21H27N3O2. The van der Waals surface area contributed by atoms with E-state index in [1.807, 2.05) is 25.1 Å². The minimum atomic E-state index is 0.234. The van der Waals surface area contributed by atoms with Crippen LogP contribution in [0.15, 0.2) is 41.1 Å². The van der Waals surface area contributed by atoms with E-state index >= 15 is 0 Å². The van der Waals surface area contributed by atoms with E-state index in [-0.39, 0.29) is 11.3 Å². The molecule has 2 aromatic heterocycles. The van der Waals surface area contributed by atoms with Gasteiger partial charge in [0.2, 0.25) is 5.91 Å². The smallest absolute Gasteiger partial charge is 0.227 e. The number of amides is 1. The van der Waals surface area contributed by atoms with E-state index in [4.69, 9.17) is 4.42 Å². The van der Waals surface area contributed by atoms with Gasteiger partial charge in [0.1, 0.15) is 11.5 Å². The summed E-state index contributed by atoms with van der Waals surface area (Å²) in [4.78, 5) is 21.4. The molecule has 0 saturated carbocycles. The Labute approximate surface area is 155 Å². The van der Waals surface area contributed by atoms with Crippen LogP contribution in [-0.4, -0.2) is 46.9 Å². The average Bonchev–Trinajstić information content (AvgIpc) is 3.22. The summed E-state index contributed by atoms with van der Waals surface area (Å²) in [7, 11) is 0. The van der Waals surface area contributed by atoms with Crippen LogP contribution in [0, 0.1) is 12.3 Å². The van der Waals surface area contributed by atoms with Crippen LogP contribution < -0.4 is 0 Å². The molecule has 138 valence electrons. The van der Waals surface area contributed by atoms with Crippen LogP contribution in [0.3, 0.4) is 0 Å². The minimum Gasteiger partial charge on any atom is -0.465 e. The minimum absolute atomic E-state index is 0.234. The number of aromatic nitrogens is 1. The predicted molar refractivity (Wildman–Crippen MR) is 99.5 cm³/mol. The second-order valence-electron chi connectivity index (χ2n) is 7.93. The zero-order valence-electron chi connectivity index (χ0n) is 15.5. The number of nitrogens with zero attached hydrogens (tertiary/aromatic N) is 3. The molecule has 0 unspecified atom stereocenters. The summed E-state index contributed by atoms with van der Waals surface area (Å²) in [5.41, 5.74) is 1.25. The normalized spacial score (nSPS) is 23.7. The Morgan fingerprint density at radius 2 is 2.15 bits per heavy atom. The molecular weight excluding hydrogens is 326 g/mol. The first kappa shape index (κ1) is 17.3. The van der Waals surface area contributed by atoms with Crippen LogP contribution in [0.5, 0.6) is 0 Å². The fourth-order valence-corrected chi connectivity index (χ4v) is 4.50. The maximum Gasteiger partial charge on any atom is 0.227 e. The zero-order valence-corrected chi connectivity index (χ0v) is 15.5. The number of pyridine rings is 1. The average molecular weight is 353 g/mol. The highest BCUT2D eigenvalue weighted by Crippen LogP contribution is 2.39. The van der Waals surface area contributed by atoms with E-state index in [0.717, 1.165) is 56.2 Å². The molecule has 0 aromatic carbocycles. The van der Waals surface area contributed by atoms with E-state index in [0.29, 0.717) is 6.42 Å². The standard InChI is InChI=1S/C21H27N3O2/c1-17-5-6-19(26-17)14-23-11-8-21(15-23)7-3-10-24(16-21)20(25)12-18-4-2-9-22-13-18/h2,4-6,9,13H,3,7-8,10-12,14-16H2,1H3/t21-/m1/s1. The second-order valence-corrected chi connectivity index (χ2v) is 7.93. The van der Waals surface area contributed by atoms with Crippen molar-refractivity contribution < 1.29 is 9.21 Å². The molecule has 2 saturated heterocycles. The van der Waals surface area contributed by atoms with E-state index < -0.39 is 0 Å². The molecule has 0 radical (unpaired) electrons. The van der Waals surface area contributed by atoms with Crippen molar-refractivity contribution in [2.45, 2.75) is 39.2 Å². The van der Waals surface area contributed by atoms with Crippen molar-refractivity contribution in [2.24, 2.45) is 5.41 Å². The summed E-state index contributed by atoms with van der Waals surface area (Å²) >= 11 is 0. The Morgan fingerprint density at radius 1 is 1.23 bits per heavy atom. The van der Waals surface area contributed by atoms with Gasteiger partial charge in [0, 0.05) is 37.4 Å². The summed E-state index contributed by atoms with van der Waals surface area (Å²) < 4.78 is 5.73. The molecule has 2 aliphatic heterocycles. The van der Waals surface area contributed by atoms with E-state index in [1.54, 1.807) is 12.4 Å². The van der Waals surface area contributed by atoms with Gasteiger partial charge in [0.05, 0.1) is 13.0 Å². The van der Waals surface area contributed by atoms with Gasteiger partial charge in [0.15, 0.2) is 0 Å². The Hall–Kier alpha value is -2.14. The van der Waals surface area contributed by atoms with Crippen molar-refractivity contribution in [3.63, 3.8) is 0 Å². The Morgan fingerprint density at radius 3 is 2.92 bits per heavy atom. The first-order chi connectivity index (χ1) is 12.6. The highest BCUT2D eigenvalue weighted by Gasteiger charge is 2.42. The Balaban J connectivity index is 1.36. The molecule has 26 heavy (non-hydrogen) atoms. The van der Waals surface area contributed by atoms with Gasteiger partial charge in [-0.15, -0.1) is 0 Å². The number of hydrogen-bond donors (Lipinski definition) is 0. The van der Waals surface area contributed by atoms with Crippen molar-refractivity contribution in [1.82, 2.24) is 14.8 Å². The molecule has 4 rings (SSSR count). The zero-order chi connectivity index (χ0) is 18.0. The molecule has 5 nitrogen and oxygen atoms in total. The Kier molecular flexibility index (Phi) is 4.81. The SMILES string of the molecule is Cc1ccc(CN2CC[C@]3(CCCN(C(=O)Cc4cccnc4)C3)C2)o1. The third-order valence-corrected chi connectivity index (χ3v) is 5.79. The lowest BCUT2D eigenvalue weighted by molar-refractivity contribution is -0.133. The van der Waals surface area contributed by atoms with Crippen molar-refractivity contribution in [3.05, 3.63) is 53.7 Å². The molecule has 1 atom stereocenters. The molecule has 2 fully saturated rings. The third-order valence-electron chi connectivity index (χ3n) is 5.79. The van der Waals surface area contributed by atoms with E-state index in [2.05, 4.69) is 20.9 Å². The molecule has 0 aliphatic carbocycles. The highest BCUT2D eigenvalue weighted by molar-refractivity contribution is 5.78. The van der Waals surface area contributed by atoms with E-state index in [9.17, 15) is 4.79 Å². The van der Waals surface area contributed by atoms with Gasteiger partial charge in [-0.3, -0.25) is 14.7 Å². The van der Waals surface area contributed by atoms with Crippen LogP contribution in [0.25, 0.3) is 0 Å². The lowest BCUT2D eigenvalue weighted by Gasteiger charge is -2.40.